The Morgan fingerprint density at radius 1 is 0.679 bits per heavy atom. The normalized spacial score (nSPS) is 33.4. The Kier molecular flexibility index (Phi) is 8.44. The van der Waals surface area contributed by atoms with Gasteiger partial charge in [-0.25, -0.2) is 0 Å². The summed E-state index contributed by atoms with van der Waals surface area (Å²) in [6.07, 6.45) is 3.57. The SMILES string of the molecule is CC1CCC(C(C)C)C(OC(=O)OOC(=O)OC2CC(C)CCC2C(C)C)C1. The van der Waals surface area contributed by atoms with Gasteiger partial charge in [0.15, 0.2) is 0 Å². The number of carbonyl (C=O) groups is 2. The Bertz CT molecular complexity index is 471. The maximum Gasteiger partial charge on any atom is 0.550 e. The molecule has 0 N–H and O–H groups in total. The second-order valence-corrected chi connectivity index (χ2v) is 9.63. The molecule has 2 aliphatic rings. The molecule has 162 valence electrons. The minimum absolute atomic E-state index is 0.208. The molecule has 0 saturated heterocycles. The van der Waals surface area contributed by atoms with Gasteiger partial charge in [0, 0.05) is 0 Å². The van der Waals surface area contributed by atoms with Gasteiger partial charge in [-0.2, -0.15) is 19.4 Å². The third-order valence-corrected chi connectivity index (χ3v) is 6.60. The van der Waals surface area contributed by atoms with Crippen LogP contribution in [-0.2, 0) is 19.2 Å². The zero-order valence-corrected chi connectivity index (χ0v) is 18.3. The fourth-order valence-electron chi connectivity index (χ4n) is 4.85. The van der Waals surface area contributed by atoms with Gasteiger partial charge in [0.2, 0.25) is 0 Å². The van der Waals surface area contributed by atoms with Crippen molar-refractivity contribution in [3.05, 3.63) is 0 Å². The molecule has 6 atom stereocenters. The molecule has 0 aromatic heterocycles. The van der Waals surface area contributed by atoms with Crippen molar-refractivity contribution in [3.8, 4) is 0 Å². The molecule has 6 nitrogen and oxygen atoms in total. The number of hydrogen-bond acceptors (Lipinski definition) is 6. The summed E-state index contributed by atoms with van der Waals surface area (Å²) < 4.78 is 10.9. The number of hydrogen-bond donors (Lipinski definition) is 0. The van der Waals surface area contributed by atoms with Crippen molar-refractivity contribution in [3.63, 3.8) is 0 Å². The van der Waals surface area contributed by atoms with E-state index in [1.165, 1.54) is 0 Å². The highest BCUT2D eigenvalue weighted by molar-refractivity contribution is 5.63. The van der Waals surface area contributed by atoms with E-state index < -0.39 is 12.3 Å². The van der Waals surface area contributed by atoms with Gasteiger partial charge in [-0.15, -0.1) is 0 Å². The lowest BCUT2D eigenvalue weighted by molar-refractivity contribution is -0.231. The van der Waals surface area contributed by atoms with Crippen molar-refractivity contribution < 1.29 is 28.8 Å². The van der Waals surface area contributed by atoms with Crippen molar-refractivity contribution in [1.29, 1.82) is 0 Å². The number of carbonyl (C=O) groups excluding carboxylic acids is 2. The summed E-state index contributed by atoms with van der Waals surface area (Å²) in [5.74, 6) is 2.42. The lowest BCUT2D eigenvalue weighted by atomic mass is 9.75. The second kappa shape index (κ2) is 10.4. The minimum Gasteiger partial charge on any atom is -0.428 e. The van der Waals surface area contributed by atoms with Crippen LogP contribution in [0.1, 0.15) is 80.1 Å². The highest BCUT2D eigenvalue weighted by Crippen LogP contribution is 2.36. The Balaban J connectivity index is 1.80. The van der Waals surface area contributed by atoms with Crippen LogP contribution in [0.3, 0.4) is 0 Å². The maximum atomic E-state index is 12.0. The highest BCUT2D eigenvalue weighted by atomic mass is 17.3. The third kappa shape index (κ3) is 6.56. The van der Waals surface area contributed by atoms with Crippen LogP contribution < -0.4 is 0 Å². The van der Waals surface area contributed by atoms with Crippen LogP contribution in [0.2, 0.25) is 0 Å². The largest absolute Gasteiger partial charge is 0.550 e. The van der Waals surface area contributed by atoms with Crippen molar-refractivity contribution in [2.45, 2.75) is 92.3 Å². The van der Waals surface area contributed by atoms with Gasteiger partial charge in [0.1, 0.15) is 12.2 Å². The smallest absolute Gasteiger partial charge is 0.428 e. The molecule has 2 fully saturated rings. The average Bonchev–Trinajstić information content (AvgIpc) is 2.59. The summed E-state index contributed by atoms with van der Waals surface area (Å²) in [4.78, 5) is 33.3. The van der Waals surface area contributed by atoms with E-state index in [1.807, 2.05) is 0 Å². The average molecular weight is 399 g/mol. The Morgan fingerprint density at radius 2 is 1.04 bits per heavy atom. The molecule has 0 amide bonds. The first-order valence-electron chi connectivity index (χ1n) is 10.9. The predicted molar refractivity (Wildman–Crippen MR) is 105 cm³/mol. The fourth-order valence-corrected chi connectivity index (χ4v) is 4.85. The molecule has 6 unspecified atom stereocenters. The summed E-state index contributed by atoms with van der Waals surface area (Å²) in [6.45, 7) is 12.8. The zero-order valence-electron chi connectivity index (χ0n) is 18.3. The first kappa shape index (κ1) is 22.8. The van der Waals surface area contributed by atoms with Crippen LogP contribution in [0.4, 0.5) is 9.59 Å². The van der Waals surface area contributed by atoms with Gasteiger partial charge < -0.3 is 9.47 Å². The van der Waals surface area contributed by atoms with Crippen LogP contribution in [0.15, 0.2) is 0 Å². The molecular formula is C22H38O6. The summed E-state index contributed by atoms with van der Waals surface area (Å²) in [6, 6.07) is 0. The summed E-state index contributed by atoms with van der Waals surface area (Å²) >= 11 is 0. The van der Waals surface area contributed by atoms with E-state index in [0.29, 0.717) is 35.5 Å². The molecule has 28 heavy (non-hydrogen) atoms. The van der Waals surface area contributed by atoms with Crippen LogP contribution in [0, 0.1) is 35.5 Å². The monoisotopic (exact) mass is 398 g/mol. The van der Waals surface area contributed by atoms with E-state index >= 15 is 0 Å². The van der Waals surface area contributed by atoms with E-state index in [2.05, 4.69) is 51.3 Å². The highest BCUT2D eigenvalue weighted by Gasteiger charge is 2.36. The van der Waals surface area contributed by atoms with E-state index in [4.69, 9.17) is 9.47 Å². The van der Waals surface area contributed by atoms with Crippen molar-refractivity contribution in [1.82, 2.24) is 0 Å². The topological polar surface area (TPSA) is 71.1 Å². The molecule has 6 heteroatoms. The molecule has 0 radical (unpaired) electrons. The predicted octanol–water partition coefficient (Wildman–Crippen LogP) is 6.13. The summed E-state index contributed by atoms with van der Waals surface area (Å²) in [5, 5.41) is 0. The Morgan fingerprint density at radius 3 is 1.36 bits per heavy atom. The van der Waals surface area contributed by atoms with E-state index in [-0.39, 0.29) is 12.2 Å². The van der Waals surface area contributed by atoms with Crippen LogP contribution in [0.25, 0.3) is 0 Å². The molecule has 0 heterocycles. The van der Waals surface area contributed by atoms with Gasteiger partial charge >= 0.3 is 12.3 Å². The van der Waals surface area contributed by atoms with Crippen LogP contribution >= 0.6 is 0 Å². The summed E-state index contributed by atoms with van der Waals surface area (Å²) in [5.41, 5.74) is 0. The van der Waals surface area contributed by atoms with Gasteiger partial charge in [-0.1, -0.05) is 54.4 Å². The van der Waals surface area contributed by atoms with E-state index in [9.17, 15) is 9.59 Å². The van der Waals surface area contributed by atoms with Crippen molar-refractivity contribution in [2.75, 3.05) is 0 Å². The number of rotatable bonds is 4. The quantitative estimate of drug-likeness (QED) is 0.322. The van der Waals surface area contributed by atoms with Crippen LogP contribution in [0.5, 0.6) is 0 Å². The molecule has 2 rings (SSSR count). The van der Waals surface area contributed by atoms with Gasteiger partial charge in [0.05, 0.1) is 0 Å². The summed E-state index contributed by atoms with van der Waals surface area (Å²) in [7, 11) is 0. The molecule has 0 aromatic rings. The van der Waals surface area contributed by atoms with Crippen molar-refractivity contribution >= 4 is 12.3 Å². The van der Waals surface area contributed by atoms with Gasteiger partial charge in [-0.05, 0) is 61.2 Å². The number of ether oxygens (including phenoxy) is 2. The molecule has 2 saturated carbocycles. The minimum atomic E-state index is -0.973. The van der Waals surface area contributed by atoms with Crippen molar-refractivity contribution in [2.24, 2.45) is 35.5 Å². The van der Waals surface area contributed by atoms with Crippen LogP contribution in [-0.4, -0.2) is 24.5 Å². The standard InChI is InChI=1S/C22H38O6/c1-13(2)17-9-7-15(5)11-19(17)25-21(23)27-28-22(24)26-20-12-16(6)8-10-18(20)14(3)4/h13-20H,7-12H2,1-6H3. The molecule has 0 bridgehead atoms. The Labute approximate surface area is 169 Å². The van der Waals surface area contributed by atoms with E-state index in [1.54, 1.807) is 0 Å². The molecular weight excluding hydrogens is 360 g/mol. The lowest BCUT2D eigenvalue weighted by Crippen LogP contribution is -2.37. The van der Waals surface area contributed by atoms with Gasteiger partial charge in [0.25, 0.3) is 0 Å². The zero-order chi connectivity index (χ0) is 20.8. The van der Waals surface area contributed by atoms with E-state index in [0.717, 1.165) is 38.5 Å². The Hall–Kier alpha value is -1.46. The molecule has 0 spiro atoms. The van der Waals surface area contributed by atoms with Gasteiger partial charge in [-0.3, -0.25) is 0 Å². The first-order valence-corrected chi connectivity index (χ1v) is 10.9. The first-order chi connectivity index (χ1) is 13.2. The molecule has 0 aromatic carbocycles. The molecule has 2 aliphatic carbocycles. The second-order valence-electron chi connectivity index (χ2n) is 9.63. The lowest BCUT2D eigenvalue weighted by Gasteiger charge is -2.36. The fraction of sp³-hybridized carbons (Fsp3) is 0.909. The maximum absolute atomic E-state index is 12.0. The third-order valence-electron chi connectivity index (χ3n) is 6.60. The molecule has 0 aliphatic heterocycles.